The van der Waals surface area contributed by atoms with Gasteiger partial charge in [0.1, 0.15) is 3.53 Å². The van der Waals surface area contributed by atoms with E-state index >= 15 is 0 Å². The van der Waals surface area contributed by atoms with Crippen molar-refractivity contribution in [3.8, 4) is 6.07 Å². The van der Waals surface area contributed by atoms with Gasteiger partial charge in [0.25, 0.3) is 0 Å². The maximum atomic E-state index is 8.46. The van der Waals surface area contributed by atoms with Crippen molar-refractivity contribution in [1.29, 1.82) is 5.26 Å². The summed E-state index contributed by atoms with van der Waals surface area (Å²) < 4.78 is 0.953. The highest BCUT2D eigenvalue weighted by atomic mass is 32.2. The summed E-state index contributed by atoms with van der Waals surface area (Å²) in [4.78, 5) is 0. The highest BCUT2D eigenvalue weighted by Crippen LogP contribution is 2.18. The smallest absolute Gasteiger partial charge is 0.104 e. The first-order valence-corrected chi connectivity index (χ1v) is 5.77. The van der Waals surface area contributed by atoms with Gasteiger partial charge in [-0.2, -0.15) is 5.26 Å². The SMILES string of the molecule is CCSC(=S)SCC(C)C#N. The molecule has 1 nitrogen and oxygen atoms in total. The lowest BCUT2D eigenvalue weighted by Gasteiger charge is -2.01. The van der Waals surface area contributed by atoms with E-state index in [0.717, 1.165) is 15.0 Å². The largest absolute Gasteiger partial charge is 0.198 e. The Morgan fingerprint density at radius 3 is 2.73 bits per heavy atom. The van der Waals surface area contributed by atoms with Crippen LogP contribution in [-0.4, -0.2) is 15.0 Å². The molecule has 0 rings (SSSR count). The topological polar surface area (TPSA) is 23.8 Å². The van der Waals surface area contributed by atoms with Crippen LogP contribution in [0.25, 0.3) is 0 Å². The van der Waals surface area contributed by atoms with E-state index in [4.69, 9.17) is 17.5 Å². The van der Waals surface area contributed by atoms with Crippen molar-refractivity contribution in [3.63, 3.8) is 0 Å². The van der Waals surface area contributed by atoms with Gasteiger partial charge in [-0.1, -0.05) is 19.1 Å². The number of nitriles is 1. The Morgan fingerprint density at radius 2 is 2.27 bits per heavy atom. The second kappa shape index (κ2) is 6.96. The van der Waals surface area contributed by atoms with E-state index in [1.807, 2.05) is 6.92 Å². The van der Waals surface area contributed by atoms with Gasteiger partial charge in [-0.05, 0) is 12.7 Å². The van der Waals surface area contributed by atoms with Crippen LogP contribution in [0.2, 0.25) is 0 Å². The molecule has 0 radical (unpaired) electrons. The first kappa shape index (κ1) is 11.3. The van der Waals surface area contributed by atoms with Gasteiger partial charge in [0.05, 0.1) is 12.0 Å². The summed E-state index contributed by atoms with van der Waals surface area (Å²) in [6, 6.07) is 2.17. The number of hydrogen-bond acceptors (Lipinski definition) is 4. The van der Waals surface area contributed by atoms with E-state index in [-0.39, 0.29) is 5.92 Å². The maximum absolute atomic E-state index is 8.46. The zero-order valence-electron chi connectivity index (χ0n) is 6.66. The number of rotatable bonds is 3. The van der Waals surface area contributed by atoms with Crippen LogP contribution in [0.15, 0.2) is 0 Å². The number of nitrogens with zero attached hydrogens (tertiary/aromatic N) is 1. The van der Waals surface area contributed by atoms with Crippen LogP contribution >= 0.6 is 35.7 Å². The summed E-state index contributed by atoms with van der Waals surface area (Å²) in [5, 5.41) is 8.46. The molecule has 0 aromatic rings. The molecule has 0 bridgehead atoms. The van der Waals surface area contributed by atoms with E-state index in [0.29, 0.717) is 0 Å². The summed E-state index contributed by atoms with van der Waals surface area (Å²) in [5.41, 5.74) is 0. The van der Waals surface area contributed by atoms with E-state index in [1.54, 1.807) is 23.5 Å². The van der Waals surface area contributed by atoms with Gasteiger partial charge in [0, 0.05) is 5.75 Å². The monoisotopic (exact) mass is 205 g/mol. The Balaban J connectivity index is 3.39. The standard InChI is InChI=1S/C7H11NS3/c1-3-10-7(9)11-5-6(2)4-8/h6H,3,5H2,1-2H3. The Morgan fingerprint density at radius 1 is 1.64 bits per heavy atom. The fourth-order valence-corrected chi connectivity index (χ4v) is 2.53. The Labute approximate surface area is 81.9 Å². The van der Waals surface area contributed by atoms with Gasteiger partial charge >= 0.3 is 0 Å². The van der Waals surface area contributed by atoms with E-state index < -0.39 is 0 Å². The van der Waals surface area contributed by atoms with Crippen molar-refractivity contribution >= 4 is 39.3 Å². The zero-order chi connectivity index (χ0) is 8.69. The van der Waals surface area contributed by atoms with Gasteiger partial charge in [-0.15, -0.1) is 23.5 Å². The Kier molecular flexibility index (Phi) is 7.13. The fourth-order valence-electron chi connectivity index (χ4n) is 0.390. The van der Waals surface area contributed by atoms with Crippen LogP contribution in [0.3, 0.4) is 0 Å². The molecular weight excluding hydrogens is 194 g/mol. The molecule has 0 saturated heterocycles. The quantitative estimate of drug-likeness (QED) is 0.661. The molecule has 0 spiro atoms. The second-order valence-corrected chi connectivity index (χ2v) is 5.51. The Hall–Kier alpha value is 0.280. The molecular formula is C7H11NS3. The van der Waals surface area contributed by atoms with Crippen LogP contribution in [0.4, 0.5) is 0 Å². The van der Waals surface area contributed by atoms with Crippen LogP contribution < -0.4 is 0 Å². The second-order valence-electron chi connectivity index (χ2n) is 2.02. The molecule has 0 aliphatic rings. The summed E-state index contributed by atoms with van der Waals surface area (Å²) in [6.07, 6.45) is 0. The fraction of sp³-hybridized carbons (Fsp3) is 0.714. The summed E-state index contributed by atoms with van der Waals surface area (Å²) in [6.45, 7) is 3.98. The summed E-state index contributed by atoms with van der Waals surface area (Å²) >= 11 is 8.31. The molecule has 0 N–H and O–H groups in total. The van der Waals surface area contributed by atoms with Crippen molar-refractivity contribution in [1.82, 2.24) is 0 Å². The molecule has 62 valence electrons. The zero-order valence-corrected chi connectivity index (χ0v) is 9.11. The molecule has 0 saturated carbocycles. The van der Waals surface area contributed by atoms with Crippen LogP contribution in [0, 0.1) is 17.2 Å². The van der Waals surface area contributed by atoms with Crippen molar-refractivity contribution in [2.24, 2.45) is 5.92 Å². The highest BCUT2D eigenvalue weighted by molar-refractivity contribution is 8.47. The van der Waals surface area contributed by atoms with Crippen LogP contribution in [0.1, 0.15) is 13.8 Å². The first-order valence-electron chi connectivity index (χ1n) is 3.39. The summed E-state index contributed by atoms with van der Waals surface area (Å²) in [5.74, 6) is 1.95. The summed E-state index contributed by atoms with van der Waals surface area (Å²) in [7, 11) is 0. The lowest BCUT2D eigenvalue weighted by molar-refractivity contribution is 0.866. The average molecular weight is 205 g/mol. The molecule has 0 aliphatic heterocycles. The van der Waals surface area contributed by atoms with Gasteiger partial charge in [0.15, 0.2) is 0 Å². The Bertz CT molecular complexity index is 162. The van der Waals surface area contributed by atoms with Gasteiger partial charge in [-0.25, -0.2) is 0 Å². The van der Waals surface area contributed by atoms with Gasteiger partial charge in [-0.3, -0.25) is 0 Å². The molecule has 0 aromatic carbocycles. The average Bonchev–Trinajstić information content (AvgIpc) is 2.01. The molecule has 0 heterocycles. The predicted octanol–water partition coefficient (Wildman–Crippen LogP) is 2.92. The third-order valence-electron chi connectivity index (χ3n) is 0.934. The van der Waals surface area contributed by atoms with E-state index in [1.165, 1.54) is 0 Å². The number of thioether (sulfide) groups is 2. The van der Waals surface area contributed by atoms with Gasteiger partial charge < -0.3 is 0 Å². The molecule has 0 amide bonds. The lowest BCUT2D eigenvalue weighted by atomic mass is 10.3. The maximum Gasteiger partial charge on any atom is 0.104 e. The van der Waals surface area contributed by atoms with E-state index in [9.17, 15) is 0 Å². The predicted molar refractivity (Wildman–Crippen MR) is 58.0 cm³/mol. The normalized spacial score (nSPS) is 12.1. The molecule has 1 atom stereocenters. The molecule has 0 aliphatic carbocycles. The number of thiocarbonyl (C=S) groups is 1. The molecule has 0 fully saturated rings. The molecule has 11 heavy (non-hydrogen) atoms. The minimum Gasteiger partial charge on any atom is -0.198 e. The van der Waals surface area contributed by atoms with Crippen molar-refractivity contribution in [3.05, 3.63) is 0 Å². The van der Waals surface area contributed by atoms with Crippen molar-refractivity contribution in [2.45, 2.75) is 13.8 Å². The van der Waals surface area contributed by atoms with Crippen molar-refractivity contribution < 1.29 is 0 Å². The molecule has 1 unspecified atom stereocenters. The highest BCUT2D eigenvalue weighted by Gasteiger charge is 2.02. The van der Waals surface area contributed by atoms with Crippen molar-refractivity contribution in [2.75, 3.05) is 11.5 Å². The first-order chi connectivity index (χ1) is 5.20. The van der Waals surface area contributed by atoms with Crippen LogP contribution in [-0.2, 0) is 0 Å². The van der Waals surface area contributed by atoms with Crippen LogP contribution in [0.5, 0.6) is 0 Å². The van der Waals surface area contributed by atoms with E-state index in [2.05, 4.69) is 13.0 Å². The van der Waals surface area contributed by atoms with Gasteiger partial charge in [0.2, 0.25) is 0 Å². The lowest BCUT2D eigenvalue weighted by Crippen LogP contribution is -1.95. The third-order valence-corrected chi connectivity index (χ3v) is 3.77. The molecule has 0 aromatic heterocycles. The minimum atomic E-state index is 0.107. The number of hydrogen-bond donors (Lipinski definition) is 0. The molecule has 4 heteroatoms. The third kappa shape index (κ3) is 6.67. The minimum absolute atomic E-state index is 0.107.